The number of amides is 1. The van der Waals surface area contributed by atoms with Crippen molar-refractivity contribution in [2.75, 3.05) is 41.7 Å². The molecule has 4 heterocycles. The molecule has 3 N–H and O–H groups in total. The van der Waals surface area contributed by atoms with Crippen LogP contribution in [0, 0.1) is 11.3 Å². The van der Waals surface area contributed by atoms with Crippen molar-refractivity contribution in [3.63, 3.8) is 0 Å². The Bertz CT molecular complexity index is 1480. The van der Waals surface area contributed by atoms with E-state index in [-0.39, 0.29) is 25.2 Å². The molecule has 0 spiro atoms. The zero-order valence-corrected chi connectivity index (χ0v) is 22.8. The third-order valence-electron chi connectivity index (χ3n) is 7.14. The molecule has 39 heavy (non-hydrogen) atoms. The molecule has 1 unspecified atom stereocenters. The summed E-state index contributed by atoms with van der Waals surface area (Å²) < 4.78 is 28.8. The Morgan fingerprint density at radius 2 is 2.13 bits per heavy atom. The standard InChI is InChI=1S/C25H27N7O5S2/c1-37-24(34)20(12-16-10-15-4-6-28-22(27)18(15)11-17(16)13-26)31-9-5-19(23(31)33)32(39(35)36)21-14-29-25(38-21)30-7-2-3-8-30/h4,6,10-11,14,19-20H,2-3,5,7-9,12H2,1H3,(H2,27,28)(H,35,36)/t19-,20+/m0/s1. The number of aromatic nitrogens is 2. The van der Waals surface area contributed by atoms with Gasteiger partial charge in [-0.2, -0.15) is 5.26 Å². The molecule has 0 bridgehead atoms. The van der Waals surface area contributed by atoms with Gasteiger partial charge in [0.2, 0.25) is 5.91 Å². The van der Waals surface area contributed by atoms with Crippen LogP contribution in [0.3, 0.4) is 0 Å². The summed E-state index contributed by atoms with van der Waals surface area (Å²) in [6, 6.07) is 5.26. The molecule has 5 rings (SSSR count). The van der Waals surface area contributed by atoms with Gasteiger partial charge in [0.1, 0.15) is 22.9 Å². The first kappa shape index (κ1) is 26.8. The fourth-order valence-corrected chi connectivity index (χ4v) is 7.04. The number of likely N-dealkylation sites (tertiary alicyclic amines) is 1. The number of rotatable bonds is 8. The maximum Gasteiger partial charge on any atom is 0.328 e. The number of pyridine rings is 1. The molecule has 12 nitrogen and oxygen atoms in total. The second-order valence-corrected chi connectivity index (χ2v) is 11.2. The fourth-order valence-electron chi connectivity index (χ4n) is 5.19. The second-order valence-electron chi connectivity index (χ2n) is 9.35. The molecular weight excluding hydrogens is 542 g/mol. The van der Waals surface area contributed by atoms with Crippen LogP contribution in [0.15, 0.2) is 30.6 Å². The number of benzene rings is 1. The van der Waals surface area contributed by atoms with Crippen LogP contribution in [-0.4, -0.2) is 74.3 Å². The van der Waals surface area contributed by atoms with Crippen LogP contribution in [0.5, 0.6) is 0 Å². The van der Waals surface area contributed by atoms with Gasteiger partial charge in [0.05, 0.1) is 24.9 Å². The molecule has 1 aromatic carbocycles. The summed E-state index contributed by atoms with van der Waals surface area (Å²) in [5.41, 5.74) is 6.81. The highest BCUT2D eigenvalue weighted by atomic mass is 32.2. The molecule has 204 valence electrons. The van der Waals surface area contributed by atoms with Gasteiger partial charge in [0, 0.05) is 37.6 Å². The molecule has 14 heteroatoms. The number of carbonyl (C=O) groups is 2. The van der Waals surface area contributed by atoms with E-state index in [4.69, 9.17) is 10.5 Å². The number of nitriles is 1. The SMILES string of the molecule is COC(=O)[C@@H](Cc1cc2ccnc(N)c2cc1C#N)N1CC[C@H](N(c2cnc(N3CCCC3)s2)S(=O)O)C1=O. The lowest BCUT2D eigenvalue weighted by atomic mass is 9.96. The molecule has 2 aliphatic heterocycles. The number of esters is 1. The highest BCUT2D eigenvalue weighted by molar-refractivity contribution is 7.81. The van der Waals surface area contributed by atoms with Gasteiger partial charge in [-0.3, -0.25) is 9.35 Å². The first-order valence-corrected chi connectivity index (χ1v) is 14.3. The largest absolute Gasteiger partial charge is 0.467 e. The van der Waals surface area contributed by atoms with E-state index in [1.54, 1.807) is 24.4 Å². The number of hydrogen-bond acceptors (Lipinski definition) is 10. The molecule has 0 saturated carbocycles. The molecular formula is C25H27N7O5S2. The third-order valence-corrected chi connectivity index (χ3v) is 9.10. The Morgan fingerprint density at radius 3 is 2.82 bits per heavy atom. The van der Waals surface area contributed by atoms with Crippen molar-refractivity contribution < 1.29 is 23.1 Å². The summed E-state index contributed by atoms with van der Waals surface area (Å²) in [7, 11) is 1.23. The predicted octanol–water partition coefficient (Wildman–Crippen LogP) is 2.07. The van der Waals surface area contributed by atoms with Gasteiger partial charge in [0.25, 0.3) is 11.3 Å². The van der Waals surface area contributed by atoms with Gasteiger partial charge >= 0.3 is 5.97 Å². The maximum atomic E-state index is 13.7. The van der Waals surface area contributed by atoms with Gasteiger partial charge in [-0.25, -0.2) is 23.3 Å². The average molecular weight is 570 g/mol. The lowest BCUT2D eigenvalue weighted by molar-refractivity contribution is -0.151. The zero-order chi connectivity index (χ0) is 27.7. The Labute approximate surface area is 231 Å². The van der Waals surface area contributed by atoms with Crippen molar-refractivity contribution in [1.29, 1.82) is 5.26 Å². The quantitative estimate of drug-likeness (QED) is 0.303. The normalized spacial score (nSPS) is 18.8. The summed E-state index contributed by atoms with van der Waals surface area (Å²) in [6.45, 7) is 1.91. The minimum atomic E-state index is -2.49. The molecule has 2 aromatic heterocycles. The minimum Gasteiger partial charge on any atom is -0.467 e. The van der Waals surface area contributed by atoms with E-state index in [1.807, 2.05) is 0 Å². The van der Waals surface area contributed by atoms with Crippen LogP contribution < -0.4 is 14.9 Å². The van der Waals surface area contributed by atoms with Gasteiger partial charge in [0.15, 0.2) is 5.13 Å². The van der Waals surface area contributed by atoms with E-state index >= 15 is 0 Å². The Balaban J connectivity index is 1.43. The summed E-state index contributed by atoms with van der Waals surface area (Å²) >= 11 is -1.23. The van der Waals surface area contributed by atoms with Crippen LogP contribution in [0.4, 0.5) is 16.0 Å². The van der Waals surface area contributed by atoms with Crippen LogP contribution in [0.1, 0.15) is 30.4 Å². The highest BCUT2D eigenvalue weighted by Crippen LogP contribution is 2.36. The van der Waals surface area contributed by atoms with Crippen LogP contribution in [0.25, 0.3) is 10.8 Å². The van der Waals surface area contributed by atoms with Gasteiger partial charge < -0.3 is 20.3 Å². The molecule has 0 aliphatic carbocycles. The van der Waals surface area contributed by atoms with E-state index in [2.05, 4.69) is 20.9 Å². The van der Waals surface area contributed by atoms with E-state index in [9.17, 15) is 23.6 Å². The van der Waals surface area contributed by atoms with Crippen molar-refractivity contribution in [3.8, 4) is 6.07 Å². The molecule has 3 aromatic rings. The number of hydrogen-bond donors (Lipinski definition) is 2. The molecule has 0 radical (unpaired) electrons. The maximum absolute atomic E-state index is 13.7. The minimum absolute atomic E-state index is 0.0219. The number of nitrogen functional groups attached to an aromatic ring is 1. The van der Waals surface area contributed by atoms with Gasteiger partial charge in [-0.05, 0) is 48.4 Å². The van der Waals surface area contributed by atoms with E-state index in [0.29, 0.717) is 21.5 Å². The Hall–Kier alpha value is -3.80. The van der Waals surface area contributed by atoms with Crippen molar-refractivity contribution in [2.24, 2.45) is 0 Å². The van der Waals surface area contributed by atoms with E-state index in [0.717, 1.165) is 40.8 Å². The number of nitrogens with two attached hydrogens (primary N) is 1. The Morgan fingerprint density at radius 1 is 1.36 bits per heavy atom. The molecule has 2 saturated heterocycles. The summed E-state index contributed by atoms with van der Waals surface area (Å²) in [5, 5.41) is 12.3. The highest BCUT2D eigenvalue weighted by Gasteiger charge is 2.44. The zero-order valence-electron chi connectivity index (χ0n) is 21.1. The third kappa shape index (κ3) is 5.12. The van der Waals surface area contributed by atoms with E-state index in [1.165, 1.54) is 29.5 Å². The molecule has 3 atom stereocenters. The van der Waals surface area contributed by atoms with Crippen LogP contribution in [-0.2, 0) is 32.0 Å². The lowest BCUT2D eigenvalue weighted by Crippen LogP contribution is -2.49. The summed E-state index contributed by atoms with van der Waals surface area (Å²) in [4.78, 5) is 38.6. The lowest BCUT2D eigenvalue weighted by Gasteiger charge is -2.28. The van der Waals surface area contributed by atoms with Crippen molar-refractivity contribution >= 4 is 61.2 Å². The Kier molecular flexibility index (Phi) is 7.65. The monoisotopic (exact) mass is 569 g/mol. The molecule has 1 amide bonds. The molecule has 2 aliphatic rings. The molecule has 2 fully saturated rings. The number of fused-ring (bicyclic) bond motifs is 1. The number of thiazole rings is 1. The predicted molar refractivity (Wildman–Crippen MR) is 147 cm³/mol. The number of ether oxygens (including phenoxy) is 1. The van der Waals surface area contributed by atoms with Crippen LogP contribution in [0.2, 0.25) is 0 Å². The smallest absolute Gasteiger partial charge is 0.328 e. The van der Waals surface area contributed by atoms with Crippen molar-refractivity contribution in [2.45, 2.75) is 37.8 Å². The first-order valence-electron chi connectivity index (χ1n) is 12.4. The topological polar surface area (TPSA) is 166 Å². The van der Waals surface area contributed by atoms with Gasteiger partial charge in [-0.15, -0.1) is 0 Å². The van der Waals surface area contributed by atoms with Crippen LogP contribution >= 0.6 is 11.3 Å². The first-order chi connectivity index (χ1) is 18.8. The second kappa shape index (κ2) is 11.1. The number of methoxy groups -OCH3 is 1. The summed E-state index contributed by atoms with van der Waals surface area (Å²) in [6.07, 6.45) is 5.43. The van der Waals surface area contributed by atoms with Gasteiger partial charge in [-0.1, -0.05) is 11.3 Å². The fraction of sp³-hybridized carbons (Fsp3) is 0.400. The van der Waals surface area contributed by atoms with Crippen molar-refractivity contribution in [1.82, 2.24) is 14.9 Å². The summed E-state index contributed by atoms with van der Waals surface area (Å²) in [5.74, 6) is -0.838. The van der Waals surface area contributed by atoms with E-state index < -0.39 is 35.2 Å². The van der Waals surface area contributed by atoms with Crippen molar-refractivity contribution in [3.05, 3.63) is 41.7 Å². The number of anilines is 3. The number of nitrogens with zero attached hydrogens (tertiary/aromatic N) is 6. The average Bonchev–Trinajstić information content (AvgIpc) is 3.69. The number of carbonyl (C=O) groups excluding carboxylic acids is 2.